The molecule has 1 saturated carbocycles. The molecule has 4 nitrogen and oxygen atoms in total. The number of benzene rings is 1. The van der Waals surface area contributed by atoms with Crippen LogP contribution in [0.25, 0.3) is 11.0 Å². The SMILES string of the molecule is COCCCOc1cc(C(C)N(C)C2CC2)cc2occc12. The van der Waals surface area contributed by atoms with Crippen LogP contribution in [0.2, 0.25) is 0 Å². The normalized spacial score (nSPS) is 16.4. The number of rotatable bonds is 8. The van der Waals surface area contributed by atoms with Gasteiger partial charge in [0.15, 0.2) is 0 Å². The maximum absolute atomic E-state index is 5.97. The monoisotopic (exact) mass is 303 g/mol. The van der Waals surface area contributed by atoms with Crippen molar-refractivity contribution in [3.63, 3.8) is 0 Å². The highest BCUT2D eigenvalue weighted by Gasteiger charge is 2.30. The molecule has 0 bridgehead atoms. The molecule has 2 aromatic rings. The number of ether oxygens (including phenoxy) is 2. The van der Waals surface area contributed by atoms with Gasteiger partial charge in [-0.2, -0.15) is 0 Å². The summed E-state index contributed by atoms with van der Waals surface area (Å²) < 4.78 is 16.7. The van der Waals surface area contributed by atoms with Crippen molar-refractivity contribution in [1.29, 1.82) is 0 Å². The molecule has 0 amide bonds. The number of methoxy groups -OCH3 is 1. The van der Waals surface area contributed by atoms with E-state index >= 15 is 0 Å². The van der Waals surface area contributed by atoms with E-state index in [1.165, 1.54) is 18.4 Å². The lowest BCUT2D eigenvalue weighted by molar-refractivity contribution is 0.172. The van der Waals surface area contributed by atoms with E-state index in [-0.39, 0.29) is 0 Å². The van der Waals surface area contributed by atoms with Gasteiger partial charge in [0.05, 0.1) is 18.3 Å². The molecule has 0 radical (unpaired) electrons. The summed E-state index contributed by atoms with van der Waals surface area (Å²) in [6.45, 7) is 3.62. The van der Waals surface area contributed by atoms with Crippen LogP contribution in [0.5, 0.6) is 5.75 Å². The highest BCUT2D eigenvalue weighted by molar-refractivity contribution is 5.84. The highest BCUT2D eigenvalue weighted by atomic mass is 16.5. The Bertz CT molecular complexity index is 618. The molecule has 0 aliphatic heterocycles. The molecule has 4 heteroatoms. The lowest BCUT2D eigenvalue weighted by Crippen LogP contribution is -2.24. The van der Waals surface area contributed by atoms with Crippen LogP contribution in [-0.4, -0.2) is 38.3 Å². The van der Waals surface area contributed by atoms with Crippen molar-refractivity contribution < 1.29 is 13.9 Å². The van der Waals surface area contributed by atoms with Crippen molar-refractivity contribution >= 4 is 11.0 Å². The van der Waals surface area contributed by atoms with Crippen LogP contribution in [0.1, 0.15) is 37.8 Å². The van der Waals surface area contributed by atoms with Crippen LogP contribution in [0, 0.1) is 0 Å². The van der Waals surface area contributed by atoms with Gasteiger partial charge in [-0.05, 0) is 50.6 Å². The van der Waals surface area contributed by atoms with E-state index in [4.69, 9.17) is 13.9 Å². The Hall–Kier alpha value is -1.52. The van der Waals surface area contributed by atoms with E-state index in [2.05, 4.69) is 31.0 Å². The predicted molar refractivity (Wildman–Crippen MR) is 87.4 cm³/mol. The van der Waals surface area contributed by atoms with Crippen molar-refractivity contribution in [2.45, 2.75) is 38.3 Å². The molecule has 1 aliphatic rings. The Balaban J connectivity index is 1.81. The van der Waals surface area contributed by atoms with Gasteiger partial charge in [-0.25, -0.2) is 0 Å². The van der Waals surface area contributed by atoms with Crippen LogP contribution < -0.4 is 4.74 Å². The summed E-state index contributed by atoms with van der Waals surface area (Å²) in [5, 5.41) is 1.04. The Morgan fingerprint density at radius 2 is 2.14 bits per heavy atom. The average Bonchev–Trinajstić information content (AvgIpc) is 3.27. The second kappa shape index (κ2) is 6.71. The fraction of sp³-hybridized carbons (Fsp3) is 0.556. The fourth-order valence-electron chi connectivity index (χ4n) is 2.84. The standard InChI is InChI=1S/C18H25NO3/c1-13(19(2)15-5-6-15)14-11-17(21-9-4-8-20-3)16-7-10-22-18(16)12-14/h7,10-13,15H,4-6,8-9H2,1-3H3. The van der Waals surface area contributed by atoms with Crippen LogP contribution >= 0.6 is 0 Å². The Labute approximate surface area is 132 Å². The first-order valence-corrected chi connectivity index (χ1v) is 8.05. The molecule has 1 aromatic carbocycles. The second-order valence-corrected chi connectivity index (χ2v) is 6.12. The molecule has 1 aliphatic carbocycles. The minimum atomic E-state index is 0.364. The van der Waals surface area contributed by atoms with E-state index in [1.54, 1.807) is 13.4 Å². The van der Waals surface area contributed by atoms with Gasteiger partial charge >= 0.3 is 0 Å². The molecule has 0 N–H and O–H groups in total. The second-order valence-electron chi connectivity index (χ2n) is 6.12. The molecule has 1 fully saturated rings. The number of furan rings is 1. The smallest absolute Gasteiger partial charge is 0.137 e. The Kier molecular flexibility index (Phi) is 4.69. The zero-order chi connectivity index (χ0) is 15.5. The van der Waals surface area contributed by atoms with E-state index in [9.17, 15) is 0 Å². The van der Waals surface area contributed by atoms with E-state index in [1.807, 2.05) is 6.07 Å². The summed E-state index contributed by atoms with van der Waals surface area (Å²) in [4.78, 5) is 2.44. The molecule has 1 heterocycles. The van der Waals surface area contributed by atoms with Gasteiger partial charge in [0, 0.05) is 32.2 Å². The lowest BCUT2D eigenvalue weighted by Gasteiger charge is -2.25. The zero-order valence-electron chi connectivity index (χ0n) is 13.7. The van der Waals surface area contributed by atoms with Gasteiger partial charge in [0.25, 0.3) is 0 Å². The molecular formula is C18H25NO3. The van der Waals surface area contributed by atoms with Crippen LogP contribution in [0.15, 0.2) is 28.9 Å². The summed E-state index contributed by atoms with van der Waals surface area (Å²) >= 11 is 0. The molecule has 0 spiro atoms. The topological polar surface area (TPSA) is 34.8 Å². The van der Waals surface area contributed by atoms with E-state index < -0.39 is 0 Å². The molecule has 3 rings (SSSR count). The predicted octanol–water partition coefficient (Wildman–Crippen LogP) is 4.00. The van der Waals surface area contributed by atoms with E-state index in [0.717, 1.165) is 35.8 Å². The average molecular weight is 303 g/mol. The summed E-state index contributed by atoms with van der Waals surface area (Å²) in [7, 11) is 3.91. The first-order valence-electron chi connectivity index (χ1n) is 8.05. The lowest BCUT2D eigenvalue weighted by atomic mass is 10.0. The third-order valence-electron chi connectivity index (χ3n) is 4.52. The van der Waals surface area contributed by atoms with Crippen molar-refractivity contribution in [2.75, 3.05) is 27.4 Å². The Morgan fingerprint density at radius 1 is 1.32 bits per heavy atom. The molecule has 1 aromatic heterocycles. The minimum Gasteiger partial charge on any atom is -0.493 e. The summed E-state index contributed by atoms with van der Waals surface area (Å²) in [5.74, 6) is 0.911. The molecule has 1 unspecified atom stereocenters. The van der Waals surface area contributed by atoms with Gasteiger partial charge in [0.1, 0.15) is 11.3 Å². The van der Waals surface area contributed by atoms with Crippen LogP contribution in [0.4, 0.5) is 0 Å². The quantitative estimate of drug-likeness (QED) is 0.690. The number of hydrogen-bond donors (Lipinski definition) is 0. The first kappa shape index (κ1) is 15.4. The fourth-order valence-corrected chi connectivity index (χ4v) is 2.84. The molecule has 1 atom stereocenters. The number of fused-ring (bicyclic) bond motifs is 1. The zero-order valence-corrected chi connectivity index (χ0v) is 13.7. The van der Waals surface area contributed by atoms with Gasteiger partial charge in [-0.1, -0.05) is 0 Å². The van der Waals surface area contributed by atoms with Gasteiger partial charge < -0.3 is 13.9 Å². The van der Waals surface area contributed by atoms with Gasteiger partial charge in [-0.15, -0.1) is 0 Å². The van der Waals surface area contributed by atoms with Crippen molar-refractivity contribution in [3.8, 4) is 5.75 Å². The molecule has 120 valence electrons. The van der Waals surface area contributed by atoms with Crippen molar-refractivity contribution in [1.82, 2.24) is 4.90 Å². The molecule has 0 saturated heterocycles. The molecule has 22 heavy (non-hydrogen) atoms. The number of nitrogens with zero attached hydrogens (tertiary/aromatic N) is 1. The minimum absolute atomic E-state index is 0.364. The molecular weight excluding hydrogens is 278 g/mol. The summed E-state index contributed by atoms with van der Waals surface area (Å²) in [6, 6.07) is 7.37. The maximum atomic E-state index is 5.97. The van der Waals surface area contributed by atoms with Gasteiger partial charge in [0.2, 0.25) is 0 Å². The van der Waals surface area contributed by atoms with E-state index in [0.29, 0.717) is 12.6 Å². The maximum Gasteiger partial charge on any atom is 0.137 e. The van der Waals surface area contributed by atoms with Gasteiger partial charge in [-0.3, -0.25) is 4.90 Å². The van der Waals surface area contributed by atoms with Crippen LogP contribution in [-0.2, 0) is 4.74 Å². The van der Waals surface area contributed by atoms with Crippen molar-refractivity contribution in [3.05, 3.63) is 30.0 Å². The third kappa shape index (κ3) is 3.28. The van der Waals surface area contributed by atoms with Crippen LogP contribution in [0.3, 0.4) is 0 Å². The van der Waals surface area contributed by atoms with Crippen molar-refractivity contribution in [2.24, 2.45) is 0 Å². The summed E-state index contributed by atoms with van der Waals surface area (Å²) in [6.07, 6.45) is 5.23. The Morgan fingerprint density at radius 3 is 2.86 bits per heavy atom. The number of hydrogen-bond acceptors (Lipinski definition) is 4. The third-order valence-corrected chi connectivity index (χ3v) is 4.52. The highest BCUT2D eigenvalue weighted by Crippen LogP contribution is 2.36. The summed E-state index contributed by atoms with van der Waals surface area (Å²) in [5.41, 5.74) is 2.15. The largest absolute Gasteiger partial charge is 0.493 e. The first-order chi connectivity index (χ1) is 10.7.